The lowest BCUT2D eigenvalue weighted by atomic mass is 10.1. The number of nitrogens with zero attached hydrogens (tertiary/aromatic N) is 4. The van der Waals surface area contributed by atoms with Crippen molar-refractivity contribution >= 4 is 30.8 Å². The molecular formula is C21H31Cl2N5O3. The summed E-state index contributed by atoms with van der Waals surface area (Å²) >= 11 is 0. The van der Waals surface area contributed by atoms with Crippen LogP contribution in [0.25, 0.3) is 11.3 Å². The lowest BCUT2D eigenvalue weighted by Crippen LogP contribution is -2.45. The minimum atomic E-state index is -0.314. The summed E-state index contributed by atoms with van der Waals surface area (Å²) < 4.78 is 12.8. The summed E-state index contributed by atoms with van der Waals surface area (Å²) in [4.78, 5) is 21.3. The molecule has 1 amide bonds. The fourth-order valence-electron chi connectivity index (χ4n) is 3.62. The number of aromatic nitrogens is 2. The fraction of sp³-hybridized carbons (Fsp3) is 0.524. The Morgan fingerprint density at radius 1 is 1.19 bits per heavy atom. The summed E-state index contributed by atoms with van der Waals surface area (Å²) in [7, 11) is 0. The van der Waals surface area contributed by atoms with Gasteiger partial charge in [0.25, 0.3) is 0 Å². The number of imidazole rings is 1. The third kappa shape index (κ3) is 6.11. The number of nitrogens with one attached hydrogen (secondary N) is 1. The minimum absolute atomic E-state index is 0. The Hall–Kier alpha value is -1.84. The molecule has 1 aromatic carbocycles. The highest BCUT2D eigenvalue weighted by atomic mass is 35.5. The van der Waals surface area contributed by atoms with E-state index >= 15 is 0 Å². The van der Waals surface area contributed by atoms with Gasteiger partial charge >= 0.3 is 6.03 Å². The quantitative estimate of drug-likeness (QED) is 0.722. The van der Waals surface area contributed by atoms with Crippen LogP contribution in [0, 0.1) is 0 Å². The van der Waals surface area contributed by atoms with E-state index in [9.17, 15) is 4.79 Å². The van der Waals surface area contributed by atoms with Gasteiger partial charge in [0.1, 0.15) is 25.4 Å². The molecule has 2 saturated heterocycles. The van der Waals surface area contributed by atoms with Crippen molar-refractivity contribution in [2.75, 3.05) is 52.7 Å². The van der Waals surface area contributed by atoms with E-state index in [4.69, 9.17) is 9.47 Å². The highest BCUT2D eigenvalue weighted by Crippen LogP contribution is 2.24. The van der Waals surface area contributed by atoms with Gasteiger partial charge in [-0.15, -0.1) is 24.8 Å². The zero-order valence-electron chi connectivity index (χ0n) is 18.0. The molecule has 0 unspecified atom stereocenters. The zero-order valence-corrected chi connectivity index (χ0v) is 19.6. The number of carbonyl (C=O) groups excluding carboxylic acids is 1. The Kier molecular flexibility index (Phi) is 9.14. The highest BCUT2D eigenvalue weighted by Gasteiger charge is 2.37. The molecule has 2 aliphatic heterocycles. The Labute approximate surface area is 195 Å². The maximum absolute atomic E-state index is 12.8. The molecule has 31 heavy (non-hydrogen) atoms. The van der Waals surface area contributed by atoms with Gasteiger partial charge in [0.15, 0.2) is 0 Å². The number of piperazine rings is 1. The topological polar surface area (TPSA) is 71.9 Å². The van der Waals surface area contributed by atoms with Crippen LogP contribution < -0.4 is 10.1 Å². The van der Waals surface area contributed by atoms with E-state index < -0.39 is 0 Å². The minimum Gasteiger partial charge on any atom is -0.492 e. The Bertz CT molecular complexity index is 838. The summed E-state index contributed by atoms with van der Waals surface area (Å²) in [5.74, 6) is 0.843. The van der Waals surface area contributed by atoms with E-state index in [2.05, 4.69) is 15.2 Å². The third-order valence-electron chi connectivity index (χ3n) is 5.48. The summed E-state index contributed by atoms with van der Waals surface area (Å²) in [6.45, 7) is 10.7. The molecular weight excluding hydrogens is 441 g/mol. The first kappa shape index (κ1) is 25.4. The number of ether oxygens (including phenoxy) is 2. The standard InChI is InChI=1S/C21H29N5O3.2ClH/c1-21(2)14-28-16-26(21)20(27)25-13-19(23-15-25)17-3-5-18(6-4-17)29-12-11-24-9-7-22-8-10-24;;/h3-6,13,15,22H,7-12,14,16H2,1-2H3;2*1H. The molecule has 0 aliphatic carbocycles. The summed E-state index contributed by atoms with van der Waals surface area (Å²) in [5.41, 5.74) is 1.39. The number of rotatable bonds is 5. The lowest BCUT2D eigenvalue weighted by molar-refractivity contribution is 0.140. The van der Waals surface area contributed by atoms with Crippen molar-refractivity contribution in [3.8, 4) is 17.0 Å². The van der Waals surface area contributed by atoms with Crippen molar-refractivity contribution in [2.45, 2.75) is 19.4 Å². The molecule has 172 valence electrons. The monoisotopic (exact) mass is 471 g/mol. The van der Waals surface area contributed by atoms with Crippen LogP contribution in [0.3, 0.4) is 0 Å². The second-order valence-electron chi connectivity index (χ2n) is 8.13. The molecule has 10 heteroatoms. The Balaban J connectivity index is 0.00000171. The maximum Gasteiger partial charge on any atom is 0.331 e. The van der Waals surface area contributed by atoms with Gasteiger partial charge in [-0.2, -0.15) is 0 Å². The number of benzene rings is 1. The summed E-state index contributed by atoms with van der Waals surface area (Å²) in [6.07, 6.45) is 3.32. The van der Waals surface area contributed by atoms with Gasteiger partial charge in [0.2, 0.25) is 0 Å². The van der Waals surface area contributed by atoms with E-state index in [1.165, 1.54) is 4.57 Å². The first-order valence-corrected chi connectivity index (χ1v) is 10.1. The number of hydrogen-bond acceptors (Lipinski definition) is 6. The molecule has 2 fully saturated rings. The van der Waals surface area contributed by atoms with Crippen molar-refractivity contribution in [3.05, 3.63) is 36.8 Å². The number of halogens is 2. The van der Waals surface area contributed by atoms with Crippen molar-refractivity contribution in [2.24, 2.45) is 0 Å². The molecule has 4 rings (SSSR count). The van der Waals surface area contributed by atoms with Crippen molar-refractivity contribution < 1.29 is 14.3 Å². The predicted octanol–water partition coefficient (Wildman–Crippen LogP) is 2.71. The number of carbonyl (C=O) groups is 1. The van der Waals surface area contributed by atoms with E-state index in [1.807, 2.05) is 38.1 Å². The average Bonchev–Trinajstić information content (AvgIpc) is 3.35. The molecule has 1 aromatic heterocycles. The summed E-state index contributed by atoms with van der Waals surface area (Å²) in [5, 5.41) is 3.35. The molecule has 0 bridgehead atoms. The van der Waals surface area contributed by atoms with Crippen LogP contribution in [0.1, 0.15) is 13.8 Å². The third-order valence-corrected chi connectivity index (χ3v) is 5.48. The van der Waals surface area contributed by atoms with Gasteiger partial charge in [0.05, 0.1) is 17.8 Å². The second kappa shape index (κ2) is 11.2. The van der Waals surface area contributed by atoms with Gasteiger partial charge in [-0.05, 0) is 38.1 Å². The molecule has 3 heterocycles. The molecule has 2 aliphatic rings. The average molecular weight is 472 g/mol. The van der Waals surface area contributed by atoms with Crippen LogP contribution >= 0.6 is 24.8 Å². The van der Waals surface area contributed by atoms with Crippen molar-refractivity contribution in [1.82, 2.24) is 24.7 Å². The predicted molar refractivity (Wildman–Crippen MR) is 124 cm³/mol. The van der Waals surface area contributed by atoms with Gasteiger partial charge in [-0.1, -0.05) is 0 Å². The fourth-order valence-corrected chi connectivity index (χ4v) is 3.62. The molecule has 0 spiro atoms. The number of amides is 1. The number of hydrogen-bond donors (Lipinski definition) is 1. The van der Waals surface area contributed by atoms with Crippen molar-refractivity contribution in [1.29, 1.82) is 0 Å². The van der Waals surface area contributed by atoms with Crippen LogP contribution in [0.15, 0.2) is 36.8 Å². The van der Waals surface area contributed by atoms with Crippen LogP contribution in [0.2, 0.25) is 0 Å². The van der Waals surface area contributed by atoms with Gasteiger partial charge in [0, 0.05) is 44.5 Å². The first-order valence-electron chi connectivity index (χ1n) is 10.1. The smallest absolute Gasteiger partial charge is 0.331 e. The Morgan fingerprint density at radius 2 is 1.90 bits per heavy atom. The van der Waals surface area contributed by atoms with Crippen LogP contribution in [-0.2, 0) is 4.74 Å². The first-order chi connectivity index (χ1) is 14.0. The normalized spacial score (nSPS) is 18.2. The Morgan fingerprint density at radius 3 is 2.55 bits per heavy atom. The lowest BCUT2D eigenvalue weighted by Gasteiger charge is -2.28. The largest absolute Gasteiger partial charge is 0.492 e. The van der Waals surface area contributed by atoms with E-state index in [-0.39, 0.29) is 36.4 Å². The van der Waals surface area contributed by atoms with Crippen LogP contribution in [0.4, 0.5) is 4.79 Å². The zero-order chi connectivity index (χ0) is 20.3. The summed E-state index contributed by atoms with van der Waals surface area (Å²) in [6, 6.07) is 7.72. The van der Waals surface area contributed by atoms with Crippen LogP contribution in [-0.4, -0.2) is 83.6 Å². The van der Waals surface area contributed by atoms with Gasteiger partial charge in [-0.3, -0.25) is 14.4 Å². The SMILES string of the molecule is CC1(C)COCN1C(=O)n1cnc(-c2ccc(OCCN3CCNCC3)cc2)c1.Cl.Cl. The van der Waals surface area contributed by atoms with E-state index in [0.29, 0.717) is 19.9 Å². The molecule has 0 atom stereocenters. The molecule has 0 saturated carbocycles. The van der Waals surface area contributed by atoms with E-state index in [0.717, 1.165) is 49.7 Å². The van der Waals surface area contributed by atoms with Gasteiger partial charge in [-0.25, -0.2) is 9.78 Å². The van der Waals surface area contributed by atoms with E-state index in [1.54, 1.807) is 17.4 Å². The molecule has 8 nitrogen and oxygen atoms in total. The maximum atomic E-state index is 12.8. The second-order valence-corrected chi connectivity index (χ2v) is 8.13. The van der Waals surface area contributed by atoms with Crippen molar-refractivity contribution in [3.63, 3.8) is 0 Å². The highest BCUT2D eigenvalue weighted by molar-refractivity contribution is 5.85. The molecule has 0 radical (unpaired) electrons. The van der Waals surface area contributed by atoms with Gasteiger partial charge < -0.3 is 14.8 Å². The molecule has 2 aromatic rings. The van der Waals surface area contributed by atoms with Crippen LogP contribution in [0.5, 0.6) is 5.75 Å². The molecule has 1 N–H and O–H groups in total.